The topological polar surface area (TPSA) is 47.6 Å². The van der Waals surface area contributed by atoms with Crippen LogP contribution in [-0.2, 0) is 9.53 Å². The van der Waals surface area contributed by atoms with E-state index in [0.29, 0.717) is 25.6 Å². The molecule has 0 heterocycles. The molecule has 0 bridgehead atoms. The Balaban J connectivity index is 2.33. The monoisotopic (exact) mass is 357 g/mol. The number of fused-ring (bicyclic) bond motifs is 1. The van der Waals surface area contributed by atoms with Gasteiger partial charge in [-0.05, 0) is 38.3 Å². The summed E-state index contributed by atoms with van der Waals surface area (Å²) in [6.45, 7) is 11.2. The molecule has 4 nitrogen and oxygen atoms in total. The van der Waals surface area contributed by atoms with Gasteiger partial charge in [-0.2, -0.15) is 0 Å². The summed E-state index contributed by atoms with van der Waals surface area (Å²) in [7, 11) is 0. The summed E-state index contributed by atoms with van der Waals surface area (Å²) < 4.78 is 11.7. The van der Waals surface area contributed by atoms with Gasteiger partial charge < -0.3 is 14.8 Å². The SMILES string of the molecule is CCCC(C)(OCC)C(=O)Nc1ccc(OCC(C)C)c2ccccc12. The van der Waals surface area contributed by atoms with Gasteiger partial charge in [0.2, 0.25) is 0 Å². The first-order valence-corrected chi connectivity index (χ1v) is 9.51. The second-order valence-electron chi connectivity index (χ2n) is 7.23. The summed E-state index contributed by atoms with van der Waals surface area (Å²) in [4.78, 5) is 12.9. The Morgan fingerprint density at radius 2 is 1.81 bits per heavy atom. The number of nitrogens with one attached hydrogen (secondary N) is 1. The van der Waals surface area contributed by atoms with Gasteiger partial charge in [-0.3, -0.25) is 4.79 Å². The third kappa shape index (κ3) is 4.76. The molecule has 142 valence electrons. The lowest BCUT2D eigenvalue weighted by molar-refractivity contribution is -0.139. The molecule has 1 amide bonds. The van der Waals surface area contributed by atoms with Crippen molar-refractivity contribution in [3.8, 4) is 5.75 Å². The average molecular weight is 357 g/mol. The first-order valence-electron chi connectivity index (χ1n) is 9.51. The number of ether oxygens (including phenoxy) is 2. The van der Waals surface area contributed by atoms with Crippen molar-refractivity contribution in [3.05, 3.63) is 36.4 Å². The number of hydrogen-bond donors (Lipinski definition) is 1. The number of carbonyl (C=O) groups excluding carboxylic acids is 1. The van der Waals surface area contributed by atoms with E-state index in [0.717, 1.165) is 28.6 Å². The van der Waals surface area contributed by atoms with Crippen LogP contribution in [0.5, 0.6) is 5.75 Å². The number of benzene rings is 2. The molecule has 0 saturated heterocycles. The lowest BCUT2D eigenvalue weighted by Crippen LogP contribution is -2.42. The molecule has 1 atom stereocenters. The first-order chi connectivity index (χ1) is 12.4. The van der Waals surface area contributed by atoms with E-state index in [1.165, 1.54) is 0 Å². The average Bonchev–Trinajstić information content (AvgIpc) is 2.61. The molecule has 1 unspecified atom stereocenters. The molecule has 26 heavy (non-hydrogen) atoms. The summed E-state index contributed by atoms with van der Waals surface area (Å²) in [5, 5.41) is 5.04. The van der Waals surface area contributed by atoms with E-state index >= 15 is 0 Å². The van der Waals surface area contributed by atoms with Crippen LogP contribution in [0.3, 0.4) is 0 Å². The number of rotatable bonds is 9. The largest absolute Gasteiger partial charge is 0.493 e. The summed E-state index contributed by atoms with van der Waals surface area (Å²) in [5.41, 5.74) is -0.0400. The van der Waals surface area contributed by atoms with Gasteiger partial charge in [0.25, 0.3) is 5.91 Å². The minimum Gasteiger partial charge on any atom is -0.493 e. The van der Waals surface area contributed by atoms with E-state index in [2.05, 4.69) is 26.1 Å². The van der Waals surface area contributed by atoms with Crippen molar-refractivity contribution in [2.75, 3.05) is 18.5 Å². The molecule has 2 aromatic rings. The summed E-state index contributed by atoms with van der Waals surface area (Å²) in [6.07, 6.45) is 1.56. The smallest absolute Gasteiger partial charge is 0.256 e. The van der Waals surface area contributed by atoms with Gasteiger partial charge in [-0.1, -0.05) is 51.5 Å². The third-order valence-corrected chi connectivity index (χ3v) is 4.37. The number of carbonyl (C=O) groups is 1. The maximum atomic E-state index is 12.9. The second-order valence-corrected chi connectivity index (χ2v) is 7.23. The number of anilines is 1. The quantitative estimate of drug-likeness (QED) is 0.653. The molecular formula is C22H31NO3. The summed E-state index contributed by atoms with van der Waals surface area (Å²) in [5.74, 6) is 1.18. The lowest BCUT2D eigenvalue weighted by atomic mass is 9.98. The van der Waals surface area contributed by atoms with Gasteiger partial charge in [0.05, 0.1) is 6.61 Å². The summed E-state index contributed by atoms with van der Waals surface area (Å²) >= 11 is 0. The molecule has 1 N–H and O–H groups in total. The predicted molar refractivity (Wildman–Crippen MR) is 108 cm³/mol. The van der Waals surface area contributed by atoms with Crippen molar-refractivity contribution in [2.24, 2.45) is 5.92 Å². The van der Waals surface area contributed by atoms with Crippen LogP contribution in [0.25, 0.3) is 10.8 Å². The van der Waals surface area contributed by atoms with Crippen molar-refractivity contribution < 1.29 is 14.3 Å². The van der Waals surface area contributed by atoms with Crippen LogP contribution >= 0.6 is 0 Å². The van der Waals surface area contributed by atoms with Gasteiger partial charge in [0.1, 0.15) is 11.4 Å². The highest BCUT2D eigenvalue weighted by molar-refractivity contribution is 6.06. The standard InChI is InChI=1S/C22H31NO3/c1-6-14-22(5,26-7-2)21(24)23-19-12-13-20(25-15-16(3)4)18-11-9-8-10-17(18)19/h8-13,16H,6-7,14-15H2,1-5H3,(H,23,24). The lowest BCUT2D eigenvalue weighted by Gasteiger charge is -2.28. The maximum Gasteiger partial charge on any atom is 0.256 e. The number of hydrogen-bond acceptors (Lipinski definition) is 3. The molecular weight excluding hydrogens is 326 g/mol. The van der Waals surface area contributed by atoms with Crippen molar-refractivity contribution >= 4 is 22.4 Å². The number of amides is 1. The van der Waals surface area contributed by atoms with Crippen LogP contribution in [0.1, 0.15) is 47.5 Å². The van der Waals surface area contributed by atoms with Gasteiger partial charge >= 0.3 is 0 Å². The zero-order chi connectivity index (χ0) is 19.2. The highest BCUT2D eigenvalue weighted by Gasteiger charge is 2.33. The molecule has 2 rings (SSSR count). The van der Waals surface area contributed by atoms with Crippen LogP contribution in [0.4, 0.5) is 5.69 Å². The van der Waals surface area contributed by atoms with E-state index in [1.807, 2.05) is 50.2 Å². The molecule has 2 aromatic carbocycles. The fourth-order valence-corrected chi connectivity index (χ4v) is 3.06. The van der Waals surface area contributed by atoms with Crippen LogP contribution in [0, 0.1) is 5.92 Å². The highest BCUT2D eigenvalue weighted by Crippen LogP contribution is 2.33. The Kier molecular flexibility index (Phi) is 7.04. The van der Waals surface area contributed by atoms with Crippen LogP contribution in [0.15, 0.2) is 36.4 Å². The van der Waals surface area contributed by atoms with Crippen molar-refractivity contribution in [1.82, 2.24) is 0 Å². The Morgan fingerprint density at radius 1 is 1.12 bits per heavy atom. The van der Waals surface area contributed by atoms with Crippen LogP contribution < -0.4 is 10.1 Å². The molecule has 0 aliphatic carbocycles. The van der Waals surface area contributed by atoms with Crippen molar-refractivity contribution in [2.45, 2.75) is 53.1 Å². The Morgan fingerprint density at radius 3 is 2.42 bits per heavy atom. The van der Waals surface area contributed by atoms with E-state index in [1.54, 1.807) is 0 Å². The third-order valence-electron chi connectivity index (χ3n) is 4.37. The zero-order valence-electron chi connectivity index (χ0n) is 16.6. The van der Waals surface area contributed by atoms with E-state index in [9.17, 15) is 4.79 Å². The van der Waals surface area contributed by atoms with Gasteiger partial charge in [0.15, 0.2) is 0 Å². The minimum atomic E-state index is -0.822. The normalized spacial score (nSPS) is 13.6. The summed E-state index contributed by atoms with van der Waals surface area (Å²) in [6, 6.07) is 11.8. The van der Waals surface area contributed by atoms with Gasteiger partial charge in [0, 0.05) is 23.1 Å². The van der Waals surface area contributed by atoms with E-state index < -0.39 is 5.60 Å². The van der Waals surface area contributed by atoms with Crippen molar-refractivity contribution in [3.63, 3.8) is 0 Å². The highest BCUT2D eigenvalue weighted by atomic mass is 16.5. The fraction of sp³-hybridized carbons (Fsp3) is 0.500. The molecule has 0 aliphatic rings. The Hall–Kier alpha value is -2.07. The van der Waals surface area contributed by atoms with Crippen molar-refractivity contribution in [1.29, 1.82) is 0 Å². The van der Waals surface area contributed by atoms with Gasteiger partial charge in [-0.15, -0.1) is 0 Å². The molecule has 0 aliphatic heterocycles. The molecule has 0 radical (unpaired) electrons. The van der Waals surface area contributed by atoms with Gasteiger partial charge in [-0.25, -0.2) is 0 Å². The zero-order valence-corrected chi connectivity index (χ0v) is 16.6. The minimum absolute atomic E-state index is 0.109. The predicted octanol–water partition coefficient (Wildman–Crippen LogP) is 5.41. The van der Waals surface area contributed by atoms with Crippen LogP contribution in [-0.4, -0.2) is 24.7 Å². The molecule has 0 fully saturated rings. The Bertz CT molecular complexity index is 733. The molecule has 0 aromatic heterocycles. The van der Waals surface area contributed by atoms with E-state index in [4.69, 9.17) is 9.47 Å². The maximum absolute atomic E-state index is 12.9. The van der Waals surface area contributed by atoms with Crippen LogP contribution in [0.2, 0.25) is 0 Å². The van der Waals surface area contributed by atoms with E-state index in [-0.39, 0.29) is 5.91 Å². The Labute approximate surface area is 156 Å². The molecule has 0 saturated carbocycles. The fourth-order valence-electron chi connectivity index (χ4n) is 3.06. The second kappa shape index (κ2) is 9.04. The first kappa shape index (κ1) is 20.2. The molecule has 4 heteroatoms. The molecule has 0 spiro atoms.